The van der Waals surface area contributed by atoms with E-state index in [1.165, 1.54) is 15.6 Å². The molecule has 1 aliphatic rings. The molecule has 0 radical (unpaired) electrons. The second-order valence-electron chi connectivity index (χ2n) is 8.09. The summed E-state index contributed by atoms with van der Waals surface area (Å²) in [5.41, 5.74) is 3.91. The second-order valence-corrected chi connectivity index (χ2v) is 10.9. The summed E-state index contributed by atoms with van der Waals surface area (Å²) in [6, 6.07) is 12.4. The van der Waals surface area contributed by atoms with Crippen molar-refractivity contribution in [3.8, 4) is 11.3 Å². The average molecular weight is 498 g/mol. The predicted octanol–water partition coefficient (Wildman–Crippen LogP) is 4.45. The van der Waals surface area contributed by atoms with E-state index in [-0.39, 0.29) is 16.6 Å². The van der Waals surface area contributed by atoms with Crippen LogP contribution in [0.3, 0.4) is 0 Å². The van der Waals surface area contributed by atoms with Gasteiger partial charge in [0.1, 0.15) is 5.58 Å². The standard InChI is InChI=1S/C24H23N3O5S2/c1-15-3-8-19-16(2)22(32-21(19)13-15)23(28)26-24-25-20(14-33-24)17-4-6-18(7-5-17)34(29,30)27-9-11-31-12-10-27/h3-8,13-14H,9-12H2,1-2H3,(H,25,26,28). The number of carbonyl (C=O) groups is 1. The van der Waals surface area contributed by atoms with Crippen LogP contribution in [0.1, 0.15) is 21.7 Å². The minimum atomic E-state index is -3.55. The third-order valence-corrected chi connectivity index (χ3v) is 8.45. The van der Waals surface area contributed by atoms with E-state index in [0.717, 1.165) is 22.1 Å². The van der Waals surface area contributed by atoms with Crippen LogP contribution in [0.25, 0.3) is 22.2 Å². The van der Waals surface area contributed by atoms with E-state index in [1.807, 2.05) is 37.4 Å². The molecule has 1 aliphatic heterocycles. The Morgan fingerprint density at radius 1 is 1.09 bits per heavy atom. The van der Waals surface area contributed by atoms with Gasteiger partial charge in [0, 0.05) is 35.0 Å². The zero-order valence-corrected chi connectivity index (χ0v) is 20.3. The van der Waals surface area contributed by atoms with Gasteiger partial charge < -0.3 is 9.15 Å². The number of morpholine rings is 1. The quantitative estimate of drug-likeness (QED) is 0.437. The van der Waals surface area contributed by atoms with Crippen LogP contribution < -0.4 is 5.32 Å². The molecule has 34 heavy (non-hydrogen) atoms. The molecule has 1 fully saturated rings. The van der Waals surface area contributed by atoms with Crippen LogP contribution in [0.5, 0.6) is 0 Å². The van der Waals surface area contributed by atoms with Gasteiger partial charge >= 0.3 is 0 Å². The number of hydrogen-bond acceptors (Lipinski definition) is 7. The maximum atomic E-state index is 12.8. The molecular formula is C24H23N3O5S2. The summed E-state index contributed by atoms with van der Waals surface area (Å²) < 4.78 is 38.1. The van der Waals surface area contributed by atoms with Crippen LogP contribution in [-0.4, -0.2) is 49.9 Å². The van der Waals surface area contributed by atoms with Gasteiger partial charge in [-0.15, -0.1) is 11.3 Å². The number of amides is 1. The first kappa shape index (κ1) is 22.7. The van der Waals surface area contributed by atoms with E-state index in [1.54, 1.807) is 24.3 Å². The molecule has 1 saturated heterocycles. The summed E-state index contributed by atoms with van der Waals surface area (Å²) in [6.45, 7) is 5.33. The number of aryl methyl sites for hydroxylation is 2. The second kappa shape index (κ2) is 8.95. The first-order chi connectivity index (χ1) is 16.3. The number of aromatic nitrogens is 1. The van der Waals surface area contributed by atoms with Gasteiger partial charge in [0.15, 0.2) is 10.9 Å². The van der Waals surface area contributed by atoms with Gasteiger partial charge in [-0.3, -0.25) is 10.1 Å². The van der Waals surface area contributed by atoms with E-state index in [0.29, 0.717) is 42.7 Å². The normalized spacial score (nSPS) is 15.0. The summed E-state index contributed by atoms with van der Waals surface area (Å²) in [7, 11) is -3.55. The molecule has 1 amide bonds. The van der Waals surface area contributed by atoms with Gasteiger partial charge in [-0.2, -0.15) is 4.31 Å². The highest BCUT2D eigenvalue weighted by Gasteiger charge is 2.26. The first-order valence-electron chi connectivity index (χ1n) is 10.8. The highest BCUT2D eigenvalue weighted by atomic mass is 32.2. The first-order valence-corrected chi connectivity index (χ1v) is 13.1. The molecule has 0 bridgehead atoms. The van der Waals surface area contributed by atoms with Crippen molar-refractivity contribution in [3.63, 3.8) is 0 Å². The van der Waals surface area contributed by atoms with Gasteiger partial charge in [-0.25, -0.2) is 13.4 Å². The Morgan fingerprint density at radius 3 is 2.56 bits per heavy atom. The molecule has 0 spiro atoms. The molecule has 5 rings (SSSR count). The summed E-state index contributed by atoms with van der Waals surface area (Å²) >= 11 is 1.29. The van der Waals surface area contributed by atoms with Gasteiger partial charge in [-0.1, -0.05) is 24.3 Å². The highest BCUT2D eigenvalue weighted by molar-refractivity contribution is 7.89. The number of anilines is 1. The van der Waals surface area contributed by atoms with Gasteiger partial charge in [0.25, 0.3) is 5.91 Å². The molecule has 0 saturated carbocycles. The molecule has 2 aromatic heterocycles. The predicted molar refractivity (Wildman–Crippen MR) is 131 cm³/mol. The maximum Gasteiger partial charge on any atom is 0.293 e. The molecular weight excluding hydrogens is 474 g/mol. The zero-order valence-electron chi connectivity index (χ0n) is 18.7. The number of sulfonamides is 1. The fourth-order valence-electron chi connectivity index (χ4n) is 3.90. The molecule has 2 aromatic carbocycles. The van der Waals surface area contributed by atoms with Crippen LogP contribution in [-0.2, 0) is 14.8 Å². The fraction of sp³-hybridized carbons (Fsp3) is 0.250. The van der Waals surface area contributed by atoms with Crippen molar-refractivity contribution in [2.75, 3.05) is 31.6 Å². The Kier molecular flexibility index (Phi) is 5.98. The van der Waals surface area contributed by atoms with Gasteiger partial charge in [0.05, 0.1) is 23.8 Å². The van der Waals surface area contributed by atoms with Crippen molar-refractivity contribution in [2.45, 2.75) is 18.7 Å². The smallest absolute Gasteiger partial charge is 0.293 e. The lowest BCUT2D eigenvalue weighted by atomic mass is 10.1. The Hall–Kier alpha value is -3.05. The number of nitrogens with one attached hydrogen (secondary N) is 1. The molecule has 8 nitrogen and oxygen atoms in total. The molecule has 1 N–H and O–H groups in total. The number of thiazole rings is 1. The number of carbonyl (C=O) groups excluding carboxylic acids is 1. The largest absolute Gasteiger partial charge is 0.451 e. The minimum Gasteiger partial charge on any atom is -0.451 e. The van der Waals surface area contributed by atoms with Crippen molar-refractivity contribution < 1.29 is 22.4 Å². The SMILES string of the molecule is Cc1ccc2c(C)c(C(=O)Nc3nc(-c4ccc(S(=O)(=O)N5CCOCC5)cc4)cs3)oc2c1. The highest BCUT2D eigenvalue weighted by Crippen LogP contribution is 2.29. The molecule has 0 unspecified atom stereocenters. The van der Waals surface area contributed by atoms with E-state index in [9.17, 15) is 13.2 Å². The molecule has 176 valence electrons. The van der Waals surface area contributed by atoms with Crippen LogP contribution >= 0.6 is 11.3 Å². The zero-order chi connectivity index (χ0) is 23.9. The number of nitrogens with zero attached hydrogens (tertiary/aromatic N) is 2. The van der Waals surface area contributed by atoms with Crippen LogP contribution in [0.4, 0.5) is 5.13 Å². The van der Waals surface area contributed by atoms with Gasteiger partial charge in [0.2, 0.25) is 10.0 Å². The molecule has 0 atom stereocenters. The number of hydrogen-bond donors (Lipinski definition) is 1. The van der Waals surface area contributed by atoms with E-state index in [2.05, 4.69) is 10.3 Å². The Labute approximate surface area is 201 Å². The van der Waals surface area contributed by atoms with Crippen LogP contribution in [0.2, 0.25) is 0 Å². The van der Waals surface area contributed by atoms with Crippen molar-refractivity contribution in [1.82, 2.24) is 9.29 Å². The van der Waals surface area contributed by atoms with E-state index in [4.69, 9.17) is 9.15 Å². The lowest BCUT2D eigenvalue weighted by molar-refractivity contribution is 0.0730. The number of rotatable bonds is 5. The molecule has 4 aromatic rings. The Balaban J connectivity index is 1.32. The monoisotopic (exact) mass is 497 g/mol. The summed E-state index contributed by atoms with van der Waals surface area (Å²) in [5.74, 6) is -0.103. The summed E-state index contributed by atoms with van der Waals surface area (Å²) in [4.78, 5) is 17.5. The molecule has 3 heterocycles. The lowest BCUT2D eigenvalue weighted by Crippen LogP contribution is -2.40. The van der Waals surface area contributed by atoms with E-state index < -0.39 is 10.0 Å². The molecule has 10 heteroatoms. The average Bonchev–Trinajstić information content (AvgIpc) is 3.44. The number of furan rings is 1. The van der Waals surface area contributed by atoms with Crippen molar-refractivity contribution in [3.05, 3.63) is 64.7 Å². The van der Waals surface area contributed by atoms with Crippen molar-refractivity contribution >= 4 is 43.4 Å². The van der Waals surface area contributed by atoms with E-state index >= 15 is 0 Å². The number of fused-ring (bicyclic) bond motifs is 1. The van der Waals surface area contributed by atoms with Gasteiger partial charge in [-0.05, 0) is 37.6 Å². The summed E-state index contributed by atoms with van der Waals surface area (Å²) in [6.07, 6.45) is 0. The topological polar surface area (TPSA) is 102 Å². The Bertz CT molecular complexity index is 1470. The third-order valence-electron chi connectivity index (χ3n) is 5.78. The van der Waals surface area contributed by atoms with Crippen LogP contribution in [0.15, 0.2) is 57.2 Å². The number of benzene rings is 2. The third kappa shape index (κ3) is 4.25. The maximum absolute atomic E-state index is 12.8. The van der Waals surface area contributed by atoms with Crippen molar-refractivity contribution in [2.24, 2.45) is 0 Å². The lowest BCUT2D eigenvalue weighted by Gasteiger charge is -2.26. The molecule has 0 aliphatic carbocycles. The Morgan fingerprint density at radius 2 is 1.82 bits per heavy atom. The van der Waals surface area contributed by atoms with Crippen LogP contribution in [0, 0.1) is 13.8 Å². The van der Waals surface area contributed by atoms with Crippen molar-refractivity contribution in [1.29, 1.82) is 0 Å². The summed E-state index contributed by atoms with van der Waals surface area (Å²) in [5, 5.41) is 5.96. The fourth-order valence-corrected chi connectivity index (χ4v) is 6.02. The minimum absolute atomic E-state index is 0.234. The number of ether oxygens (including phenoxy) is 1.